The van der Waals surface area contributed by atoms with E-state index in [0.717, 1.165) is 0 Å². The maximum absolute atomic E-state index is 12.0. The van der Waals surface area contributed by atoms with Gasteiger partial charge in [-0.25, -0.2) is 0 Å². The Kier molecular flexibility index (Phi) is 4.47. The quantitative estimate of drug-likeness (QED) is 0.886. The first kappa shape index (κ1) is 13.6. The molecule has 0 aliphatic heterocycles. The molecule has 0 spiro atoms. The highest BCUT2D eigenvalue weighted by molar-refractivity contribution is 6.35. The highest BCUT2D eigenvalue weighted by atomic mass is 35.5. The molecular formula is C10H9Cl2F3O. The Morgan fingerprint density at radius 1 is 1.19 bits per heavy atom. The lowest BCUT2D eigenvalue weighted by Gasteiger charge is -2.14. The molecule has 1 nitrogen and oxygen atoms in total. The monoisotopic (exact) mass is 272 g/mol. The standard InChI is InChI=1S/C10H9Cl2F3O/c11-8-2-1-3-9(12)7(8)4-6(16)5-10(13,14)15/h1-3,6,16H,4-5H2. The van der Waals surface area contributed by atoms with Gasteiger partial charge in [-0.1, -0.05) is 29.3 Å². The highest BCUT2D eigenvalue weighted by Gasteiger charge is 2.31. The van der Waals surface area contributed by atoms with Crippen LogP contribution in [0.25, 0.3) is 0 Å². The smallest absolute Gasteiger partial charge is 0.391 e. The summed E-state index contributed by atoms with van der Waals surface area (Å²) < 4.78 is 36.0. The predicted octanol–water partition coefficient (Wildman–Crippen LogP) is 3.85. The Hall–Kier alpha value is -0.450. The predicted molar refractivity (Wildman–Crippen MR) is 56.8 cm³/mol. The van der Waals surface area contributed by atoms with Crippen molar-refractivity contribution in [2.24, 2.45) is 0 Å². The minimum atomic E-state index is -4.40. The number of hydrogen-bond donors (Lipinski definition) is 1. The first-order valence-corrected chi connectivity index (χ1v) is 5.23. The molecule has 0 radical (unpaired) electrons. The first-order chi connectivity index (χ1) is 7.29. The molecule has 1 N–H and O–H groups in total. The lowest BCUT2D eigenvalue weighted by Crippen LogP contribution is -2.21. The van der Waals surface area contributed by atoms with Crippen LogP contribution in [0.2, 0.25) is 10.0 Å². The van der Waals surface area contributed by atoms with Crippen LogP contribution in [-0.2, 0) is 6.42 Å². The van der Waals surface area contributed by atoms with E-state index in [1.165, 1.54) is 12.1 Å². The number of halogens is 5. The molecule has 0 bridgehead atoms. The van der Waals surface area contributed by atoms with Gasteiger partial charge in [0.1, 0.15) is 0 Å². The number of alkyl halides is 3. The van der Waals surface area contributed by atoms with E-state index in [1.54, 1.807) is 6.07 Å². The lowest BCUT2D eigenvalue weighted by molar-refractivity contribution is -0.153. The van der Waals surface area contributed by atoms with E-state index in [4.69, 9.17) is 23.2 Å². The zero-order chi connectivity index (χ0) is 12.3. The van der Waals surface area contributed by atoms with Crippen LogP contribution in [0.1, 0.15) is 12.0 Å². The molecule has 1 rings (SSSR count). The van der Waals surface area contributed by atoms with Gasteiger partial charge in [0.05, 0.1) is 12.5 Å². The fourth-order valence-electron chi connectivity index (χ4n) is 1.30. The summed E-state index contributed by atoms with van der Waals surface area (Å²) in [6.07, 6.45) is -7.41. The molecule has 90 valence electrons. The van der Waals surface area contributed by atoms with E-state index in [2.05, 4.69) is 0 Å². The van der Waals surface area contributed by atoms with E-state index in [-0.39, 0.29) is 16.5 Å². The Balaban J connectivity index is 2.73. The molecule has 1 unspecified atom stereocenters. The minimum absolute atomic E-state index is 0.210. The summed E-state index contributed by atoms with van der Waals surface area (Å²) in [6.45, 7) is 0. The molecule has 0 aromatic heterocycles. The van der Waals surface area contributed by atoms with Crippen LogP contribution < -0.4 is 0 Å². The fraction of sp³-hybridized carbons (Fsp3) is 0.400. The first-order valence-electron chi connectivity index (χ1n) is 4.47. The minimum Gasteiger partial charge on any atom is -0.392 e. The van der Waals surface area contributed by atoms with Crippen molar-refractivity contribution in [3.63, 3.8) is 0 Å². The maximum atomic E-state index is 12.0. The second-order valence-electron chi connectivity index (χ2n) is 3.38. The van der Waals surface area contributed by atoms with E-state index in [1.807, 2.05) is 0 Å². The Morgan fingerprint density at radius 3 is 2.12 bits per heavy atom. The summed E-state index contributed by atoms with van der Waals surface area (Å²) in [6, 6.07) is 4.62. The number of rotatable bonds is 3. The molecule has 0 saturated heterocycles. The van der Waals surface area contributed by atoms with Crippen molar-refractivity contribution in [2.75, 3.05) is 0 Å². The van der Waals surface area contributed by atoms with E-state index in [9.17, 15) is 18.3 Å². The molecule has 1 atom stereocenters. The Labute approximate surface area is 101 Å². The van der Waals surface area contributed by atoms with E-state index in [0.29, 0.717) is 5.56 Å². The molecule has 0 amide bonds. The van der Waals surface area contributed by atoms with Crippen LogP contribution in [0.5, 0.6) is 0 Å². The van der Waals surface area contributed by atoms with Crippen molar-refractivity contribution >= 4 is 23.2 Å². The largest absolute Gasteiger partial charge is 0.392 e. The van der Waals surface area contributed by atoms with Crippen LogP contribution in [0.4, 0.5) is 13.2 Å². The normalized spacial score (nSPS) is 13.9. The molecule has 1 aromatic rings. The summed E-state index contributed by atoms with van der Waals surface area (Å²) in [5, 5.41) is 9.77. The van der Waals surface area contributed by atoms with E-state index < -0.39 is 18.7 Å². The molecule has 0 heterocycles. The van der Waals surface area contributed by atoms with Gasteiger partial charge in [-0.2, -0.15) is 13.2 Å². The summed E-state index contributed by atoms with van der Waals surface area (Å²) in [5.41, 5.74) is 0.336. The number of benzene rings is 1. The lowest BCUT2D eigenvalue weighted by atomic mass is 10.1. The topological polar surface area (TPSA) is 20.2 Å². The van der Waals surface area contributed by atoms with Crippen LogP contribution in [0.15, 0.2) is 18.2 Å². The number of aliphatic hydroxyl groups is 1. The van der Waals surface area contributed by atoms with Gasteiger partial charge in [0.2, 0.25) is 0 Å². The highest BCUT2D eigenvalue weighted by Crippen LogP contribution is 2.28. The number of aliphatic hydroxyl groups excluding tert-OH is 1. The fourth-order valence-corrected chi connectivity index (χ4v) is 1.85. The zero-order valence-corrected chi connectivity index (χ0v) is 9.57. The van der Waals surface area contributed by atoms with Crippen LogP contribution >= 0.6 is 23.2 Å². The SMILES string of the molecule is OC(Cc1c(Cl)cccc1Cl)CC(F)(F)F. The van der Waals surface area contributed by atoms with Crippen molar-refractivity contribution in [2.45, 2.75) is 25.1 Å². The van der Waals surface area contributed by atoms with Gasteiger partial charge >= 0.3 is 6.18 Å². The third-order valence-corrected chi connectivity index (χ3v) is 2.68. The molecule has 1 aromatic carbocycles. The molecule has 16 heavy (non-hydrogen) atoms. The Morgan fingerprint density at radius 2 is 1.69 bits per heavy atom. The average molecular weight is 273 g/mol. The van der Waals surface area contributed by atoms with Crippen LogP contribution in [0, 0.1) is 0 Å². The molecule has 6 heteroatoms. The molecular weight excluding hydrogens is 264 g/mol. The van der Waals surface area contributed by atoms with Crippen molar-refractivity contribution in [3.05, 3.63) is 33.8 Å². The van der Waals surface area contributed by atoms with Crippen molar-refractivity contribution in [3.8, 4) is 0 Å². The maximum Gasteiger partial charge on any atom is 0.391 e. The summed E-state index contributed by atoms with van der Waals surface area (Å²) in [5.74, 6) is 0. The third kappa shape index (κ3) is 4.20. The van der Waals surface area contributed by atoms with Crippen molar-refractivity contribution in [1.29, 1.82) is 0 Å². The van der Waals surface area contributed by atoms with Gasteiger partial charge in [-0.3, -0.25) is 0 Å². The second-order valence-corrected chi connectivity index (χ2v) is 4.19. The van der Waals surface area contributed by atoms with Crippen molar-refractivity contribution < 1.29 is 18.3 Å². The average Bonchev–Trinajstić information content (AvgIpc) is 2.08. The van der Waals surface area contributed by atoms with Crippen molar-refractivity contribution in [1.82, 2.24) is 0 Å². The van der Waals surface area contributed by atoms with Gasteiger partial charge in [0.15, 0.2) is 0 Å². The van der Waals surface area contributed by atoms with Crippen LogP contribution in [0.3, 0.4) is 0 Å². The summed E-state index contributed by atoms with van der Waals surface area (Å²) in [7, 11) is 0. The second kappa shape index (κ2) is 5.25. The molecule has 0 saturated carbocycles. The molecule has 0 aliphatic carbocycles. The third-order valence-electron chi connectivity index (χ3n) is 1.97. The number of hydrogen-bond acceptors (Lipinski definition) is 1. The van der Waals surface area contributed by atoms with Crippen LogP contribution in [-0.4, -0.2) is 17.4 Å². The Bertz CT molecular complexity index is 345. The zero-order valence-electron chi connectivity index (χ0n) is 8.06. The summed E-state index contributed by atoms with van der Waals surface area (Å²) >= 11 is 11.5. The van der Waals surface area contributed by atoms with Gasteiger partial charge in [-0.05, 0) is 17.7 Å². The molecule has 0 aliphatic rings. The van der Waals surface area contributed by atoms with Gasteiger partial charge < -0.3 is 5.11 Å². The summed E-state index contributed by atoms with van der Waals surface area (Å²) in [4.78, 5) is 0. The molecule has 0 fully saturated rings. The van der Waals surface area contributed by atoms with Gasteiger partial charge in [0, 0.05) is 16.5 Å². The van der Waals surface area contributed by atoms with Gasteiger partial charge in [-0.15, -0.1) is 0 Å². The van der Waals surface area contributed by atoms with Gasteiger partial charge in [0.25, 0.3) is 0 Å². The van der Waals surface area contributed by atoms with E-state index >= 15 is 0 Å².